The first-order valence-corrected chi connectivity index (χ1v) is 9.93. The number of carbonyl (C=O) groups excluding carboxylic acids is 1. The van der Waals surface area contributed by atoms with Gasteiger partial charge in [0.2, 0.25) is 5.91 Å². The van der Waals surface area contributed by atoms with Gasteiger partial charge >= 0.3 is 0 Å². The van der Waals surface area contributed by atoms with Crippen molar-refractivity contribution in [3.63, 3.8) is 0 Å². The molecule has 1 amide bonds. The van der Waals surface area contributed by atoms with Crippen molar-refractivity contribution >= 4 is 34.1 Å². The van der Waals surface area contributed by atoms with E-state index in [1.54, 1.807) is 42.6 Å². The lowest BCUT2D eigenvalue weighted by atomic mass is 10.1. The van der Waals surface area contributed by atoms with Gasteiger partial charge in [-0.2, -0.15) is 0 Å². The highest BCUT2D eigenvalue weighted by atomic mass is 35.5. The Morgan fingerprint density at radius 3 is 2.69 bits per heavy atom. The van der Waals surface area contributed by atoms with Crippen LogP contribution in [0.2, 0.25) is 5.02 Å². The van der Waals surface area contributed by atoms with E-state index in [1.807, 2.05) is 0 Å². The summed E-state index contributed by atoms with van der Waals surface area (Å²) in [6.07, 6.45) is 3.30. The molecule has 5 nitrogen and oxygen atoms in total. The first-order chi connectivity index (χ1) is 14.1. The van der Waals surface area contributed by atoms with Gasteiger partial charge in [-0.15, -0.1) is 0 Å². The van der Waals surface area contributed by atoms with Crippen molar-refractivity contribution in [1.82, 2.24) is 9.88 Å². The van der Waals surface area contributed by atoms with E-state index < -0.39 is 0 Å². The molecule has 7 heteroatoms. The SMILES string of the molecule is O=C(CN1CCC(Oc2ccnc3ccc(F)cc23)CC1)Nc1ccc(Cl)cc1. The van der Waals surface area contributed by atoms with Gasteiger partial charge in [-0.3, -0.25) is 14.7 Å². The van der Waals surface area contributed by atoms with E-state index in [-0.39, 0.29) is 17.8 Å². The number of nitrogens with one attached hydrogen (secondary N) is 1. The molecule has 4 rings (SSSR count). The summed E-state index contributed by atoms with van der Waals surface area (Å²) in [6.45, 7) is 1.85. The summed E-state index contributed by atoms with van der Waals surface area (Å²) in [6, 6.07) is 13.3. The molecule has 0 saturated carbocycles. The molecule has 1 fully saturated rings. The second-order valence-corrected chi connectivity index (χ2v) is 7.56. The summed E-state index contributed by atoms with van der Waals surface area (Å²) in [4.78, 5) is 18.6. The van der Waals surface area contributed by atoms with Crippen LogP contribution in [0.3, 0.4) is 0 Å². The highest BCUT2D eigenvalue weighted by molar-refractivity contribution is 6.30. The van der Waals surface area contributed by atoms with Crippen molar-refractivity contribution < 1.29 is 13.9 Å². The van der Waals surface area contributed by atoms with Crippen LogP contribution in [0.1, 0.15) is 12.8 Å². The van der Waals surface area contributed by atoms with Crippen molar-refractivity contribution in [2.24, 2.45) is 0 Å². The maximum atomic E-state index is 13.6. The quantitative estimate of drug-likeness (QED) is 0.668. The van der Waals surface area contributed by atoms with Crippen molar-refractivity contribution in [3.05, 3.63) is 65.6 Å². The molecule has 2 aromatic carbocycles. The van der Waals surface area contributed by atoms with Crippen LogP contribution in [0, 0.1) is 5.82 Å². The molecular formula is C22H21ClFN3O2. The molecule has 1 aliphatic heterocycles. The number of anilines is 1. The van der Waals surface area contributed by atoms with Crippen molar-refractivity contribution in [3.8, 4) is 5.75 Å². The third-order valence-electron chi connectivity index (χ3n) is 4.99. The van der Waals surface area contributed by atoms with Crippen molar-refractivity contribution in [2.45, 2.75) is 18.9 Å². The largest absolute Gasteiger partial charge is 0.490 e. The number of hydrogen-bond acceptors (Lipinski definition) is 4. The van der Waals surface area contributed by atoms with Gasteiger partial charge in [0.15, 0.2) is 0 Å². The van der Waals surface area contributed by atoms with Crippen LogP contribution in [0.15, 0.2) is 54.7 Å². The summed E-state index contributed by atoms with van der Waals surface area (Å²) in [5.74, 6) is 0.285. The zero-order valence-corrected chi connectivity index (χ0v) is 16.5. The lowest BCUT2D eigenvalue weighted by molar-refractivity contribution is -0.117. The summed E-state index contributed by atoms with van der Waals surface area (Å²) in [5.41, 5.74) is 1.44. The number of halogens is 2. The van der Waals surface area contributed by atoms with E-state index in [0.717, 1.165) is 31.6 Å². The Morgan fingerprint density at radius 1 is 1.17 bits per heavy atom. The van der Waals surface area contributed by atoms with Crippen LogP contribution in [-0.4, -0.2) is 41.5 Å². The fourth-order valence-corrected chi connectivity index (χ4v) is 3.62. The number of carbonyl (C=O) groups is 1. The van der Waals surface area contributed by atoms with Crippen molar-refractivity contribution in [2.75, 3.05) is 25.0 Å². The second kappa shape index (κ2) is 8.76. The lowest BCUT2D eigenvalue weighted by Gasteiger charge is -2.31. The van der Waals surface area contributed by atoms with E-state index in [9.17, 15) is 9.18 Å². The predicted octanol–water partition coefficient (Wildman–Crippen LogP) is 4.51. The number of amides is 1. The Morgan fingerprint density at radius 2 is 1.93 bits per heavy atom. The van der Waals surface area contributed by atoms with E-state index in [4.69, 9.17) is 16.3 Å². The number of fused-ring (bicyclic) bond motifs is 1. The minimum Gasteiger partial charge on any atom is -0.490 e. The van der Waals surface area contributed by atoms with Gasteiger partial charge in [0, 0.05) is 35.4 Å². The number of piperidine rings is 1. The van der Waals surface area contributed by atoms with Gasteiger partial charge in [0.05, 0.1) is 12.1 Å². The molecule has 0 spiro atoms. The summed E-state index contributed by atoms with van der Waals surface area (Å²) in [7, 11) is 0. The molecule has 3 aromatic rings. The molecule has 0 unspecified atom stereocenters. The smallest absolute Gasteiger partial charge is 0.238 e. The van der Waals surface area contributed by atoms with Crippen molar-refractivity contribution in [1.29, 1.82) is 0 Å². The first-order valence-electron chi connectivity index (χ1n) is 9.55. The molecule has 1 saturated heterocycles. The first kappa shape index (κ1) is 19.6. The standard InChI is InChI=1S/C22H21ClFN3O2/c23-15-1-4-17(5-2-15)26-22(28)14-27-11-8-18(9-12-27)29-21-7-10-25-20-6-3-16(24)13-19(20)21/h1-7,10,13,18H,8-9,11-12,14H2,(H,26,28). The third kappa shape index (κ3) is 5.02. The van der Waals surface area contributed by atoms with E-state index in [2.05, 4.69) is 15.2 Å². The molecule has 0 aliphatic carbocycles. The molecular weight excluding hydrogens is 393 g/mol. The summed E-state index contributed by atoms with van der Waals surface area (Å²) < 4.78 is 19.7. The van der Waals surface area contributed by atoms with E-state index >= 15 is 0 Å². The van der Waals surface area contributed by atoms with Crippen LogP contribution in [-0.2, 0) is 4.79 Å². The molecule has 1 N–H and O–H groups in total. The zero-order valence-electron chi connectivity index (χ0n) is 15.8. The number of ether oxygens (including phenoxy) is 1. The number of rotatable bonds is 5. The highest BCUT2D eigenvalue weighted by Crippen LogP contribution is 2.27. The predicted molar refractivity (Wildman–Crippen MR) is 112 cm³/mol. The summed E-state index contributed by atoms with van der Waals surface area (Å²) >= 11 is 5.86. The molecule has 1 aliphatic rings. The molecule has 0 bridgehead atoms. The molecule has 1 aromatic heterocycles. The average molecular weight is 414 g/mol. The number of aromatic nitrogens is 1. The molecule has 150 valence electrons. The maximum absolute atomic E-state index is 13.6. The van der Waals surface area contributed by atoms with Crippen LogP contribution >= 0.6 is 11.6 Å². The molecule has 0 radical (unpaired) electrons. The highest BCUT2D eigenvalue weighted by Gasteiger charge is 2.22. The van der Waals surface area contributed by atoms with Gasteiger partial charge in [-0.05, 0) is 61.4 Å². The lowest BCUT2D eigenvalue weighted by Crippen LogP contribution is -2.42. The van der Waals surface area contributed by atoms with Gasteiger partial charge < -0.3 is 10.1 Å². The second-order valence-electron chi connectivity index (χ2n) is 7.12. The topological polar surface area (TPSA) is 54.5 Å². The van der Waals surface area contributed by atoms with E-state index in [0.29, 0.717) is 28.2 Å². The Bertz CT molecular complexity index is 1000. The van der Waals surface area contributed by atoms with Crippen LogP contribution < -0.4 is 10.1 Å². The Labute approximate surface area is 173 Å². The minimum atomic E-state index is -0.308. The third-order valence-corrected chi connectivity index (χ3v) is 5.24. The average Bonchev–Trinajstić information content (AvgIpc) is 2.71. The summed E-state index contributed by atoms with van der Waals surface area (Å²) in [5, 5.41) is 4.19. The number of hydrogen-bond donors (Lipinski definition) is 1. The van der Waals surface area contributed by atoms with Gasteiger partial charge in [-0.25, -0.2) is 4.39 Å². The number of nitrogens with zero attached hydrogens (tertiary/aromatic N) is 2. The minimum absolute atomic E-state index is 0.0273. The molecule has 2 heterocycles. The van der Waals surface area contributed by atoms with Gasteiger partial charge in [-0.1, -0.05) is 11.6 Å². The number of likely N-dealkylation sites (tertiary alicyclic amines) is 1. The molecule has 29 heavy (non-hydrogen) atoms. The number of benzene rings is 2. The Balaban J connectivity index is 1.30. The van der Waals surface area contributed by atoms with E-state index in [1.165, 1.54) is 12.1 Å². The van der Waals surface area contributed by atoms with Crippen LogP contribution in [0.25, 0.3) is 10.9 Å². The fourth-order valence-electron chi connectivity index (χ4n) is 3.50. The normalized spacial score (nSPS) is 15.4. The maximum Gasteiger partial charge on any atom is 0.238 e. The zero-order chi connectivity index (χ0) is 20.2. The van der Waals surface area contributed by atoms with Crippen LogP contribution in [0.4, 0.5) is 10.1 Å². The van der Waals surface area contributed by atoms with Crippen LogP contribution in [0.5, 0.6) is 5.75 Å². The molecule has 0 atom stereocenters. The Kier molecular flexibility index (Phi) is 5.92. The number of pyridine rings is 1. The Hall–Kier alpha value is -2.70. The monoisotopic (exact) mass is 413 g/mol. The van der Waals surface area contributed by atoms with Gasteiger partial charge in [0.1, 0.15) is 17.7 Å². The fraction of sp³-hybridized carbons (Fsp3) is 0.273. The van der Waals surface area contributed by atoms with Gasteiger partial charge in [0.25, 0.3) is 0 Å².